The Morgan fingerprint density at radius 2 is 1.79 bits per heavy atom. The van der Waals surface area contributed by atoms with E-state index in [1.54, 1.807) is 4.31 Å². The minimum Gasteiger partial charge on any atom is -0.212 e. The second-order valence-corrected chi connectivity index (χ2v) is 10.0. The Balaban J connectivity index is 1.72. The van der Waals surface area contributed by atoms with E-state index >= 15 is 0 Å². The molecule has 2 fully saturated rings. The fourth-order valence-corrected chi connectivity index (χ4v) is 7.00. The lowest BCUT2D eigenvalue weighted by Gasteiger charge is -2.28. The first-order valence-corrected chi connectivity index (χ1v) is 11.1. The van der Waals surface area contributed by atoms with E-state index in [1.165, 1.54) is 17.8 Å². The summed E-state index contributed by atoms with van der Waals surface area (Å²) < 4.78 is 54.7. The number of benzene rings is 1. The average Bonchev–Trinajstić information content (AvgIpc) is 2.84. The molecule has 0 N–H and O–H groups in total. The summed E-state index contributed by atoms with van der Waals surface area (Å²) >= 11 is 1.51. The maximum Gasteiger partial charge on any atom is 0.217 e. The standard InChI is InChI=1S/C17H23F2NO2S2/c18-13-6-7-16(19)15(12-13)17-8-9-20(10-11-23-17)24(21,22)14-4-2-1-3-5-14/h6-7,12,14,17H,1-5,8-11H2. The first-order chi connectivity index (χ1) is 11.5. The second-order valence-electron chi connectivity index (χ2n) is 6.52. The van der Waals surface area contributed by atoms with Gasteiger partial charge in [-0.25, -0.2) is 21.5 Å². The largest absolute Gasteiger partial charge is 0.217 e. The lowest BCUT2D eigenvalue weighted by molar-refractivity contribution is 0.398. The van der Waals surface area contributed by atoms with Crippen LogP contribution in [0.4, 0.5) is 8.78 Å². The molecule has 1 aliphatic carbocycles. The molecule has 1 heterocycles. The minimum atomic E-state index is -3.28. The minimum absolute atomic E-state index is 0.202. The smallest absolute Gasteiger partial charge is 0.212 e. The topological polar surface area (TPSA) is 37.4 Å². The third-order valence-corrected chi connectivity index (χ3v) is 8.65. The highest BCUT2D eigenvalue weighted by molar-refractivity contribution is 7.99. The van der Waals surface area contributed by atoms with Crippen molar-refractivity contribution in [2.75, 3.05) is 18.8 Å². The van der Waals surface area contributed by atoms with Crippen LogP contribution in [0.15, 0.2) is 18.2 Å². The molecule has 1 saturated carbocycles. The zero-order valence-electron chi connectivity index (χ0n) is 13.6. The summed E-state index contributed by atoms with van der Waals surface area (Å²) in [6, 6.07) is 3.49. The molecule has 0 bridgehead atoms. The van der Waals surface area contributed by atoms with Crippen molar-refractivity contribution in [3.63, 3.8) is 0 Å². The number of halogens is 2. The van der Waals surface area contributed by atoms with Crippen LogP contribution >= 0.6 is 11.8 Å². The van der Waals surface area contributed by atoms with Gasteiger partial charge in [-0.3, -0.25) is 0 Å². The summed E-state index contributed by atoms with van der Waals surface area (Å²) in [7, 11) is -3.28. The van der Waals surface area contributed by atoms with Crippen molar-refractivity contribution in [2.45, 2.75) is 49.0 Å². The lowest BCUT2D eigenvalue weighted by atomic mass is 10.0. The van der Waals surface area contributed by atoms with Gasteiger partial charge >= 0.3 is 0 Å². The summed E-state index contributed by atoms with van der Waals surface area (Å²) in [5.41, 5.74) is 0.344. The third-order valence-electron chi connectivity index (χ3n) is 4.94. The summed E-state index contributed by atoms with van der Waals surface area (Å²) in [6.07, 6.45) is 5.06. The zero-order valence-corrected chi connectivity index (χ0v) is 15.2. The highest BCUT2D eigenvalue weighted by Gasteiger charge is 2.34. The van der Waals surface area contributed by atoms with Crippen LogP contribution in [0.1, 0.15) is 49.3 Å². The van der Waals surface area contributed by atoms with Crippen LogP contribution in [0, 0.1) is 11.6 Å². The van der Waals surface area contributed by atoms with Gasteiger partial charge in [-0.1, -0.05) is 19.3 Å². The van der Waals surface area contributed by atoms with Crippen LogP contribution in [0.5, 0.6) is 0 Å². The molecule has 1 atom stereocenters. The van der Waals surface area contributed by atoms with E-state index in [0.717, 1.165) is 44.2 Å². The van der Waals surface area contributed by atoms with Gasteiger partial charge < -0.3 is 0 Å². The molecule has 2 aliphatic rings. The normalized spacial score (nSPS) is 24.7. The monoisotopic (exact) mass is 375 g/mol. The van der Waals surface area contributed by atoms with Crippen LogP contribution < -0.4 is 0 Å². The molecule has 1 unspecified atom stereocenters. The molecule has 0 spiro atoms. The number of hydrogen-bond acceptors (Lipinski definition) is 3. The van der Waals surface area contributed by atoms with Gasteiger partial charge in [0.15, 0.2) is 0 Å². The number of thioether (sulfide) groups is 1. The van der Waals surface area contributed by atoms with Gasteiger partial charge in [-0.2, -0.15) is 11.8 Å². The molecule has 0 aromatic heterocycles. The zero-order chi connectivity index (χ0) is 17.2. The van der Waals surface area contributed by atoms with Gasteiger partial charge in [0.05, 0.1) is 5.25 Å². The molecule has 0 amide bonds. The molecule has 1 saturated heterocycles. The third kappa shape index (κ3) is 3.94. The molecule has 1 aliphatic heterocycles. The molecular formula is C17H23F2NO2S2. The van der Waals surface area contributed by atoms with E-state index in [1.807, 2.05) is 0 Å². The van der Waals surface area contributed by atoms with Crippen LogP contribution in [0.3, 0.4) is 0 Å². The molecule has 1 aromatic rings. The fraction of sp³-hybridized carbons (Fsp3) is 0.647. The maximum atomic E-state index is 14.0. The molecule has 0 radical (unpaired) electrons. The molecule has 3 nitrogen and oxygen atoms in total. The van der Waals surface area contributed by atoms with E-state index < -0.39 is 21.7 Å². The Morgan fingerprint density at radius 1 is 1.04 bits per heavy atom. The molecule has 24 heavy (non-hydrogen) atoms. The number of sulfonamides is 1. The van der Waals surface area contributed by atoms with Crippen molar-refractivity contribution in [1.82, 2.24) is 4.31 Å². The van der Waals surface area contributed by atoms with E-state index in [0.29, 0.717) is 30.8 Å². The van der Waals surface area contributed by atoms with Crippen molar-refractivity contribution >= 4 is 21.8 Å². The summed E-state index contributed by atoms with van der Waals surface area (Å²) in [5.74, 6) is -0.271. The quantitative estimate of drug-likeness (QED) is 0.798. The van der Waals surface area contributed by atoms with Crippen LogP contribution in [-0.4, -0.2) is 36.8 Å². The molecular weight excluding hydrogens is 352 g/mol. The van der Waals surface area contributed by atoms with E-state index in [4.69, 9.17) is 0 Å². The number of nitrogens with zero attached hydrogens (tertiary/aromatic N) is 1. The predicted molar refractivity (Wildman–Crippen MR) is 93.5 cm³/mol. The van der Waals surface area contributed by atoms with Gasteiger partial charge in [0.25, 0.3) is 0 Å². The summed E-state index contributed by atoms with van der Waals surface area (Å²) in [4.78, 5) is 0. The summed E-state index contributed by atoms with van der Waals surface area (Å²) in [5, 5.41) is -0.467. The van der Waals surface area contributed by atoms with Crippen molar-refractivity contribution in [1.29, 1.82) is 0 Å². The first kappa shape index (κ1) is 18.1. The summed E-state index contributed by atoms with van der Waals surface area (Å²) in [6.45, 7) is 0.837. The van der Waals surface area contributed by atoms with Gasteiger partial charge in [-0.05, 0) is 37.5 Å². The van der Waals surface area contributed by atoms with E-state index in [-0.39, 0.29) is 10.5 Å². The predicted octanol–water partition coefficient (Wildman–Crippen LogP) is 4.11. The van der Waals surface area contributed by atoms with Crippen LogP contribution in [0.25, 0.3) is 0 Å². The SMILES string of the molecule is O=S(=O)(C1CCCCC1)N1CCSC(c2cc(F)ccc2F)CC1. The Bertz CT molecular complexity index is 675. The molecule has 134 valence electrons. The molecule has 3 rings (SSSR count). The van der Waals surface area contributed by atoms with Crippen molar-refractivity contribution in [2.24, 2.45) is 0 Å². The van der Waals surface area contributed by atoms with Gasteiger partial charge in [0.2, 0.25) is 10.0 Å². The van der Waals surface area contributed by atoms with E-state index in [9.17, 15) is 17.2 Å². The Morgan fingerprint density at radius 3 is 2.54 bits per heavy atom. The highest BCUT2D eigenvalue weighted by Crippen LogP contribution is 2.37. The fourth-order valence-electron chi connectivity index (χ4n) is 3.59. The van der Waals surface area contributed by atoms with Gasteiger partial charge in [-0.15, -0.1) is 0 Å². The number of hydrogen-bond donors (Lipinski definition) is 0. The lowest BCUT2D eigenvalue weighted by Crippen LogP contribution is -2.40. The Labute approximate surface area is 146 Å². The van der Waals surface area contributed by atoms with Crippen molar-refractivity contribution in [3.05, 3.63) is 35.4 Å². The second kappa shape index (κ2) is 7.70. The van der Waals surface area contributed by atoms with Crippen LogP contribution in [0.2, 0.25) is 0 Å². The Hall–Kier alpha value is -0.660. The van der Waals surface area contributed by atoms with Crippen LogP contribution in [-0.2, 0) is 10.0 Å². The average molecular weight is 376 g/mol. The maximum absolute atomic E-state index is 14.0. The molecule has 7 heteroatoms. The first-order valence-electron chi connectivity index (χ1n) is 8.54. The van der Waals surface area contributed by atoms with Crippen molar-refractivity contribution < 1.29 is 17.2 Å². The van der Waals surface area contributed by atoms with Crippen molar-refractivity contribution in [3.8, 4) is 0 Å². The highest BCUT2D eigenvalue weighted by atomic mass is 32.2. The van der Waals surface area contributed by atoms with Gasteiger partial charge in [0.1, 0.15) is 11.6 Å². The van der Waals surface area contributed by atoms with E-state index in [2.05, 4.69) is 0 Å². The Kier molecular flexibility index (Phi) is 5.82. The van der Waals surface area contributed by atoms with Gasteiger partial charge in [0, 0.05) is 29.7 Å². The number of rotatable bonds is 3. The molecule has 1 aromatic carbocycles.